The number of ether oxygens (including phenoxy) is 1. The lowest BCUT2D eigenvalue weighted by molar-refractivity contribution is -0.0222. The van der Waals surface area contributed by atoms with E-state index in [-0.39, 0.29) is 31.6 Å². The van der Waals surface area contributed by atoms with E-state index in [9.17, 15) is 13.6 Å². The van der Waals surface area contributed by atoms with Crippen molar-refractivity contribution < 1.29 is 18.3 Å². The number of halogens is 2. The van der Waals surface area contributed by atoms with Crippen molar-refractivity contribution in [1.82, 2.24) is 4.98 Å². The molecule has 0 unspecified atom stereocenters. The minimum absolute atomic E-state index is 0.205. The molecule has 2 heterocycles. The van der Waals surface area contributed by atoms with Gasteiger partial charge in [0.2, 0.25) is 0 Å². The number of anilines is 1. The van der Waals surface area contributed by atoms with Crippen LogP contribution in [0.5, 0.6) is 5.75 Å². The molecule has 0 aromatic carbocycles. The SMILES string of the molecule is COc1ccc(C=O)nc1N1CCC(F)(F)CC1. The second kappa shape index (κ2) is 4.88. The smallest absolute Gasteiger partial charge is 0.251 e. The molecule has 0 saturated carbocycles. The van der Waals surface area contributed by atoms with Crippen molar-refractivity contribution in [2.75, 3.05) is 25.1 Å². The number of hydrogen-bond donors (Lipinski definition) is 0. The summed E-state index contributed by atoms with van der Waals surface area (Å²) in [6, 6.07) is 3.16. The first-order valence-corrected chi connectivity index (χ1v) is 5.69. The average molecular weight is 256 g/mol. The number of pyridine rings is 1. The van der Waals surface area contributed by atoms with Crippen molar-refractivity contribution in [2.45, 2.75) is 18.8 Å². The molecule has 1 aromatic rings. The third kappa shape index (κ3) is 2.57. The lowest BCUT2D eigenvalue weighted by Gasteiger charge is -2.33. The van der Waals surface area contributed by atoms with Gasteiger partial charge in [-0.25, -0.2) is 13.8 Å². The second-order valence-electron chi connectivity index (χ2n) is 4.22. The zero-order valence-electron chi connectivity index (χ0n) is 10.0. The summed E-state index contributed by atoms with van der Waals surface area (Å²) in [5.41, 5.74) is 0.267. The van der Waals surface area contributed by atoms with Crippen LogP contribution in [0.4, 0.5) is 14.6 Å². The third-order valence-electron chi connectivity index (χ3n) is 3.00. The summed E-state index contributed by atoms with van der Waals surface area (Å²) >= 11 is 0. The maximum absolute atomic E-state index is 13.1. The summed E-state index contributed by atoms with van der Waals surface area (Å²) in [6.45, 7) is 0.414. The van der Waals surface area contributed by atoms with Gasteiger partial charge in [-0.05, 0) is 12.1 Å². The lowest BCUT2D eigenvalue weighted by atomic mass is 10.1. The number of piperidine rings is 1. The van der Waals surface area contributed by atoms with Gasteiger partial charge in [0.25, 0.3) is 5.92 Å². The number of alkyl halides is 2. The number of aromatic nitrogens is 1. The Morgan fingerprint density at radius 2 is 2.06 bits per heavy atom. The fourth-order valence-electron chi connectivity index (χ4n) is 1.95. The Morgan fingerprint density at radius 1 is 1.39 bits per heavy atom. The van der Waals surface area contributed by atoms with Crippen molar-refractivity contribution >= 4 is 12.1 Å². The minimum Gasteiger partial charge on any atom is -0.493 e. The Balaban J connectivity index is 2.24. The number of aldehydes is 1. The van der Waals surface area contributed by atoms with E-state index in [1.165, 1.54) is 13.2 Å². The molecule has 0 spiro atoms. The Hall–Kier alpha value is -1.72. The fourth-order valence-corrected chi connectivity index (χ4v) is 1.95. The lowest BCUT2D eigenvalue weighted by Crippen LogP contribution is -2.40. The topological polar surface area (TPSA) is 42.4 Å². The zero-order valence-corrected chi connectivity index (χ0v) is 10.0. The van der Waals surface area contributed by atoms with E-state index in [4.69, 9.17) is 4.74 Å². The van der Waals surface area contributed by atoms with Crippen LogP contribution in [-0.2, 0) is 0 Å². The molecule has 1 aliphatic heterocycles. The van der Waals surface area contributed by atoms with Crippen molar-refractivity contribution in [3.8, 4) is 5.75 Å². The van der Waals surface area contributed by atoms with Crippen LogP contribution in [-0.4, -0.2) is 37.4 Å². The first kappa shape index (κ1) is 12.7. The number of nitrogens with zero attached hydrogens (tertiary/aromatic N) is 2. The molecule has 0 bridgehead atoms. The van der Waals surface area contributed by atoms with Crippen LogP contribution in [0.3, 0.4) is 0 Å². The summed E-state index contributed by atoms with van der Waals surface area (Å²) in [5, 5.41) is 0. The third-order valence-corrected chi connectivity index (χ3v) is 3.00. The van der Waals surface area contributed by atoms with Crippen LogP contribution in [0.1, 0.15) is 23.3 Å². The highest BCUT2D eigenvalue weighted by Gasteiger charge is 2.35. The zero-order chi connectivity index (χ0) is 13.2. The largest absolute Gasteiger partial charge is 0.493 e. The Kier molecular flexibility index (Phi) is 3.45. The van der Waals surface area contributed by atoms with E-state index >= 15 is 0 Å². The molecule has 1 saturated heterocycles. The summed E-state index contributed by atoms with van der Waals surface area (Å²) in [7, 11) is 1.49. The van der Waals surface area contributed by atoms with Crippen LogP contribution < -0.4 is 9.64 Å². The van der Waals surface area contributed by atoms with Gasteiger partial charge < -0.3 is 9.64 Å². The number of methoxy groups -OCH3 is 1. The summed E-state index contributed by atoms with van der Waals surface area (Å²) < 4.78 is 31.3. The molecule has 4 nitrogen and oxygen atoms in total. The highest BCUT2D eigenvalue weighted by molar-refractivity contribution is 5.74. The summed E-state index contributed by atoms with van der Waals surface area (Å²) in [4.78, 5) is 16.5. The van der Waals surface area contributed by atoms with Gasteiger partial charge >= 0.3 is 0 Å². The molecule has 6 heteroatoms. The fraction of sp³-hybridized carbons (Fsp3) is 0.500. The molecular formula is C12H14F2N2O2. The molecule has 1 aliphatic rings. The molecule has 0 radical (unpaired) electrons. The van der Waals surface area contributed by atoms with Gasteiger partial charge in [0.1, 0.15) is 5.69 Å². The quantitative estimate of drug-likeness (QED) is 0.777. The molecule has 0 atom stereocenters. The molecular weight excluding hydrogens is 242 g/mol. The van der Waals surface area contributed by atoms with Gasteiger partial charge in [-0.2, -0.15) is 0 Å². The van der Waals surface area contributed by atoms with Gasteiger partial charge in [0, 0.05) is 25.9 Å². The van der Waals surface area contributed by atoms with Crippen molar-refractivity contribution in [2.24, 2.45) is 0 Å². The maximum Gasteiger partial charge on any atom is 0.251 e. The van der Waals surface area contributed by atoms with Crippen LogP contribution >= 0.6 is 0 Å². The van der Waals surface area contributed by atoms with Gasteiger partial charge in [-0.3, -0.25) is 4.79 Å². The predicted octanol–water partition coefficient (Wildman–Crippen LogP) is 2.14. The molecule has 98 valence electrons. The normalized spacial score (nSPS) is 18.5. The van der Waals surface area contributed by atoms with E-state index < -0.39 is 5.92 Å². The number of hydrogen-bond acceptors (Lipinski definition) is 4. The number of carbonyl (C=O) groups is 1. The molecule has 0 aliphatic carbocycles. The van der Waals surface area contributed by atoms with Crippen LogP contribution in [0.2, 0.25) is 0 Å². The first-order valence-electron chi connectivity index (χ1n) is 5.69. The van der Waals surface area contributed by atoms with Crippen LogP contribution in [0, 0.1) is 0 Å². The molecule has 18 heavy (non-hydrogen) atoms. The molecule has 0 N–H and O–H groups in total. The van der Waals surface area contributed by atoms with Crippen molar-refractivity contribution in [3.05, 3.63) is 17.8 Å². The Bertz CT molecular complexity index is 442. The molecule has 0 amide bonds. The van der Waals surface area contributed by atoms with E-state index in [2.05, 4.69) is 4.98 Å². The Morgan fingerprint density at radius 3 is 2.61 bits per heavy atom. The second-order valence-corrected chi connectivity index (χ2v) is 4.22. The van der Waals surface area contributed by atoms with Gasteiger partial charge in [-0.15, -0.1) is 0 Å². The molecule has 1 fully saturated rings. The highest BCUT2D eigenvalue weighted by atomic mass is 19.3. The van der Waals surface area contributed by atoms with Crippen molar-refractivity contribution in [3.63, 3.8) is 0 Å². The van der Waals surface area contributed by atoms with Gasteiger partial charge in [0.15, 0.2) is 17.9 Å². The average Bonchev–Trinajstić information content (AvgIpc) is 2.38. The molecule has 1 aromatic heterocycles. The minimum atomic E-state index is -2.61. The van der Waals surface area contributed by atoms with Crippen molar-refractivity contribution in [1.29, 1.82) is 0 Å². The van der Waals surface area contributed by atoms with E-state index in [0.29, 0.717) is 17.9 Å². The number of carbonyl (C=O) groups excluding carboxylic acids is 1. The van der Waals surface area contributed by atoms with Crippen LogP contribution in [0.15, 0.2) is 12.1 Å². The standard InChI is InChI=1S/C12H14F2N2O2/c1-18-10-3-2-9(8-17)15-11(10)16-6-4-12(13,14)5-7-16/h2-3,8H,4-7H2,1H3. The maximum atomic E-state index is 13.1. The highest BCUT2D eigenvalue weighted by Crippen LogP contribution is 2.33. The van der Waals surface area contributed by atoms with E-state index in [1.54, 1.807) is 11.0 Å². The first-order chi connectivity index (χ1) is 8.55. The Labute approximate surface area is 104 Å². The van der Waals surface area contributed by atoms with Gasteiger partial charge in [0.05, 0.1) is 7.11 Å². The summed E-state index contributed by atoms with van der Waals surface area (Å²) in [6.07, 6.45) is 0.216. The molecule has 2 rings (SSSR count). The number of rotatable bonds is 3. The van der Waals surface area contributed by atoms with E-state index in [1.807, 2.05) is 0 Å². The van der Waals surface area contributed by atoms with Gasteiger partial charge in [-0.1, -0.05) is 0 Å². The van der Waals surface area contributed by atoms with Crippen LogP contribution in [0.25, 0.3) is 0 Å². The van der Waals surface area contributed by atoms with E-state index in [0.717, 1.165) is 0 Å². The monoisotopic (exact) mass is 256 g/mol. The summed E-state index contributed by atoms with van der Waals surface area (Å²) in [5.74, 6) is -1.66. The predicted molar refractivity (Wildman–Crippen MR) is 62.6 cm³/mol.